The zero-order valence-corrected chi connectivity index (χ0v) is 17.1. The van der Waals surface area contributed by atoms with E-state index in [1.807, 2.05) is 25.1 Å². The van der Waals surface area contributed by atoms with Crippen LogP contribution in [0.15, 0.2) is 18.2 Å². The minimum Gasteiger partial charge on any atom is -0.480 e. The first kappa shape index (κ1) is 23.0. The van der Waals surface area contributed by atoms with Gasteiger partial charge in [0.05, 0.1) is 0 Å². The van der Waals surface area contributed by atoms with Gasteiger partial charge in [-0.05, 0) is 39.3 Å². The van der Waals surface area contributed by atoms with Crippen molar-refractivity contribution in [2.45, 2.75) is 52.1 Å². The van der Waals surface area contributed by atoms with Gasteiger partial charge >= 0.3 is 12.3 Å². The van der Waals surface area contributed by atoms with Gasteiger partial charge in [-0.2, -0.15) is 13.2 Å². The first-order chi connectivity index (χ1) is 13.4. The van der Waals surface area contributed by atoms with Crippen molar-refractivity contribution in [2.24, 2.45) is 0 Å². The van der Waals surface area contributed by atoms with Gasteiger partial charge in [0.1, 0.15) is 5.75 Å². The highest BCUT2D eigenvalue weighted by molar-refractivity contribution is 5.68. The van der Waals surface area contributed by atoms with E-state index in [0.29, 0.717) is 25.4 Å². The van der Waals surface area contributed by atoms with Gasteiger partial charge in [0.25, 0.3) is 0 Å². The summed E-state index contributed by atoms with van der Waals surface area (Å²) in [4.78, 5) is 26.5. The zero-order valence-electron chi connectivity index (χ0n) is 17.1. The van der Waals surface area contributed by atoms with E-state index >= 15 is 0 Å². The molecule has 1 unspecified atom stereocenters. The van der Waals surface area contributed by atoms with E-state index in [4.69, 9.17) is 4.74 Å². The van der Waals surface area contributed by atoms with Crippen LogP contribution in [0, 0.1) is 6.92 Å². The zero-order chi connectivity index (χ0) is 21.8. The number of hydrogen-bond donors (Lipinski definition) is 0. The van der Waals surface area contributed by atoms with Gasteiger partial charge in [0.2, 0.25) is 0 Å². The number of piperazine rings is 1. The first-order valence-corrected chi connectivity index (χ1v) is 9.41. The summed E-state index contributed by atoms with van der Waals surface area (Å²) in [5.41, 5.74) is 0.934. The number of aldehydes is 1. The Balaban J connectivity index is 1.96. The molecule has 0 aromatic heterocycles. The predicted octanol–water partition coefficient (Wildman–Crippen LogP) is 3.56. The highest BCUT2D eigenvalue weighted by atomic mass is 19.4. The lowest BCUT2D eigenvalue weighted by Crippen LogP contribution is -2.49. The third-order valence-corrected chi connectivity index (χ3v) is 4.64. The molecule has 0 N–H and O–H groups in total. The molecule has 0 aliphatic carbocycles. The SMILES string of the molecule is Cc1ccc(CN2CCN(C(=O)OC(C)C(F)(F)F)CC2)c(OC(C)(C)C=O)c1. The molecule has 1 aliphatic rings. The number of benzene rings is 1. The van der Waals surface area contributed by atoms with Crippen LogP contribution in [0.3, 0.4) is 0 Å². The Morgan fingerprint density at radius 3 is 2.38 bits per heavy atom. The molecule has 1 heterocycles. The highest BCUT2D eigenvalue weighted by Crippen LogP contribution is 2.26. The fraction of sp³-hybridized carbons (Fsp3) is 0.600. The Labute approximate surface area is 168 Å². The van der Waals surface area contributed by atoms with Crippen molar-refractivity contribution in [3.05, 3.63) is 29.3 Å². The fourth-order valence-electron chi connectivity index (χ4n) is 2.82. The molecule has 9 heteroatoms. The van der Waals surface area contributed by atoms with Crippen LogP contribution in [-0.4, -0.2) is 66.2 Å². The maximum atomic E-state index is 12.6. The summed E-state index contributed by atoms with van der Waals surface area (Å²) in [5.74, 6) is 0.614. The lowest BCUT2D eigenvalue weighted by molar-refractivity contribution is -0.200. The molecule has 1 aromatic rings. The number of carbonyl (C=O) groups is 2. The van der Waals surface area contributed by atoms with E-state index in [9.17, 15) is 22.8 Å². The Morgan fingerprint density at radius 1 is 1.21 bits per heavy atom. The second-order valence-corrected chi connectivity index (χ2v) is 7.77. The number of nitrogens with zero attached hydrogens (tertiary/aromatic N) is 2. The van der Waals surface area contributed by atoms with Crippen molar-refractivity contribution in [1.29, 1.82) is 0 Å². The Kier molecular flexibility index (Phi) is 7.15. The minimum atomic E-state index is -4.57. The molecule has 1 amide bonds. The summed E-state index contributed by atoms with van der Waals surface area (Å²) in [6.45, 7) is 8.14. The van der Waals surface area contributed by atoms with Crippen LogP contribution < -0.4 is 4.74 Å². The Hall–Kier alpha value is -2.29. The van der Waals surface area contributed by atoms with Gasteiger partial charge in [0.15, 0.2) is 18.0 Å². The van der Waals surface area contributed by atoms with Crippen LogP contribution in [0.1, 0.15) is 31.9 Å². The van der Waals surface area contributed by atoms with Crippen LogP contribution in [-0.2, 0) is 16.1 Å². The van der Waals surface area contributed by atoms with Gasteiger partial charge in [-0.3, -0.25) is 9.69 Å². The third kappa shape index (κ3) is 6.62. The topological polar surface area (TPSA) is 59.1 Å². The second-order valence-electron chi connectivity index (χ2n) is 7.77. The maximum absolute atomic E-state index is 12.6. The van der Waals surface area contributed by atoms with E-state index in [1.54, 1.807) is 13.8 Å². The van der Waals surface area contributed by atoms with E-state index in [2.05, 4.69) is 9.64 Å². The molecule has 1 aromatic carbocycles. The molecule has 0 radical (unpaired) electrons. The largest absolute Gasteiger partial charge is 0.480 e. The maximum Gasteiger partial charge on any atom is 0.425 e. The van der Waals surface area contributed by atoms with Crippen LogP contribution >= 0.6 is 0 Å². The standard InChI is InChI=1S/C20H27F3N2O4/c1-14-5-6-16(17(11-14)29-19(3,4)13-26)12-24-7-9-25(10-8-24)18(27)28-15(2)20(21,22)23/h5-6,11,13,15H,7-10,12H2,1-4H3. The monoisotopic (exact) mass is 416 g/mol. The Morgan fingerprint density at radius 2 is 1.83 bits per heavy atom. The number of carbonyl (C=O) groups excluding carboxylic acids is 2. The summed E-state index contributed by atoms with van der Waals surface area (Å²) in [7, 11) is 0. The average molecular weight is 416 g/mol. The van der Waals surface area contributed by atoms with Crippen molar-refractivity contribution >= 4 is 12.4 Å². The average Bonchev–Trinajstić information content (AvgIpc) is 2.63. The van der Waals surface area contributed by atoms with Gasteiger partial charge in [0, 0.05) is 38.3 Å². The van der Waals surface area contributed by atoms with Gasteiger partial charge in [-0.25, -0.2) is 4.79 Å². The summed E-state index contributed by atoms with van der Waals surface area (Å²) in [5, 5.41) is 0. The molecule has 0 bridgehead atoms. The fourth-order valence-corrected chi connectivity index (χ4v) is 2.82. The number of hydrogen-bond acceptors (Lipinski definition) is 5. The minimum absolute atomic E-state index is 0.269. The number of amides is 1. The quantitative estimate of drug-likeness (QED) is 0.664. The van der Waals surface area contributed by atoms with Crippen molar-refractivity contribution in [1.82, 2.24) is 9.80 Å². The molecule has 6 nitrogen and oxygen atoms in total. The second kappa shape index (κ2) is 9.02. The molecule has 1 atom stereocenters. The van der Waals surface area contributed by atoms with Crippen molar-refractivity contribution in [2.75, 3.05) is 26.2 Å². The number of alkyl halides is 3. The number of aryl methyl sites for hydroxylation is 1. The summed E-state index contributed by atoms with van der Waals surface area (Å²) in [6.07, 6.45) is -6.93. The highest BCUT2D eigenvalue weighted by Gasteiger charge is 2.40. The van der Waals surface area contributed by atoms with Gasteiger partial charge in [-0.15, -0.1) is 0 Å². The first-order valence-electron chi connectivity index (χ1n) is 9.41. The number of rotatable bonds is 6. The molecule has 0 spiro atoms. The summed E-state index contributed by atoms with van der Waals surface area (Å²) < 4.78 is 48.0. The molecule has 0 saturated carbocycles. The van der Waals surface area contributed by atoms with Gasteiger partial charge in [-0.1, -0.05) is 12.1 Å². The smallest absolute Gasteiger partial charge is 0.425 e. The van der Waals surface area contributed by atoms with E-state index in [0.717, 1.165) is 24.3 Å². The predicted molar refractivity (Wildman–Crippen MR) is 101 cm³/mol. The van der Waals surface area contributed by atoms with Crippen molar-refractivity contribution in [3.63, 3.8) is 0 Å². The van der Waals surface area contributed by atoms with E-state index < -0.39 is 24.0 Å². The Bertz CT molecular complexity index is 729. The lowest BCUT2D eigenvalue weighted by Gasteiger charge is -2.35. The molecular formula is C20H27F3N2O4. The number of ether oxygens (including phenoxy) is 2. The van der Waals surface area contributed by atoms with E-state index in [-0.39, 0.29) is 13.1 Å². The molecule has 162 valence electrons. The number of halogens is 3. The van der Waals surface area contributed by atoms with Crippen LogP contribution in [0.4, 0.5) is 18.0 Å². The van der Waals surface area contributed by atoms with Crippen LogP contribution in [0.2, 0.25) is 0 Å². The molecular weight excluding hydrogens is 389 g/mol. The molecule has 1 fully saturated rings. The van der Waals surface area contributed by atoms with Crippen LogP contribution in [0.25, 0.3) is 0 Å². The van der Waals surface area contributed by atoms with Crippen molar-refractivity contribution in [3.8, 4) is 5.75 Å². The molecule has 1 saturated heterocycles. The van der Waals surface area contributed by atoms with Gasteiger partial charge < -0.3 is 14.4 Å². The van der Waals surface area contributed by atoms with E-state index in [1.165, 1.54) is 4.90 Å². The lowest BCUT2D eigenvalue weighted by atomic mass is 10.1. The molecule has 2 rings (SSSR count). The summed E-state index contributed by atoms with van der Waals surface area (Å²) >= 11 is 0. The van der Waals surface area contributed by atoms with Crippen molar-refractivity contribution < 1.29 is 32.2 Å². The van der Waals surface area contributed by atoms with Crippen LogP contribution in [0.5, 0.6) is 5.75 Å². The normalized spacial score (nSPS) is 17.0. The molecule has 29 heavy (non-hydrogen) atoms. The molecule has 1 aliphatic heterocycles. The third-order valence-electron chi connectivity index (χ3n) is 4.64. The summed E-state index contributed by atoms with van der Waals surface area (Å²) in [6, 6.07) is 5.74.